The number of phenolic OH excluding ortho intramolecular Hbond substituents is 1. The van der Waals surface area contributed by atoms with E-state index in [4.69, 9.17) is 0 Å². The van der Waals surface area contributed by atoms with Gasteiger partial charge in [-0.3, -0.25) is 0 Å². The highest BCUT2D eigenvalue weighted by atomic mass is 79.9. The molecular weight excluding hydrogens is 370 g/mol. The van der Waals surface area contributed by atoms with Crippen molar-refractivity contribution >= 4 is 37.5 Å². The van der Waals surface area contributed by atoms with Crippen molar-refractivity contribution in [2.24, 2.45) is 0 Å². The van der Waals surface area contributed by atoms with Gasteiger partial charge in [0.25, 0.3) is 0 Å². The summed E-state index contributed by atoms with van der Waals surface area (Å²) >= 11 is 6.68. The molecule has 2 rings (SSSR count). The van der Waals surface area contributed by atoms with Gasteiger partial charge in [-0.15, -0.1) is 0 Å². The van der Waals surface area contributed by atoms with Gasteiger partial charge in [0.2, 0.25) is 0 Å². The third-order valence-electron chi connectivity index (χ3n) is 3.16. The summed E-state index contributed by atoms with van der Waals surface area (Å²) in [4.78, 5) is 0. The average Bonchev–Trinajstić information content (AvgIpc) is 2.37. The van der Waals surface area contributed by atoms with Crippen LogP contribution in [0.4, 0.5) is 5.69 Å². The summed E-state index contributed by atoms with van der Waals surface area (Å²) in [5.41, 5.74) is 4.77. The number of hydrogen-bond donors (Lipinski definition) is 2. The lowest BCUT2D eigenvalue weighted by molar-refractivity contribution is 0.468. The van der Waals surface area contributed by atoms with Gasteiger partial charge in [0.1, 0.15) is 5.75 Å². The van der Waals surface area contributed by atoms with Gasteiger partial charge in [-0.2, -0.15) is 0 Å². The topological polar surface area (TPSA) is 32.3 Å². The number of hydrogen-bond acceptors (Lipinski definition) is 2. The predicted octanol–water partition coefficient (Wildman–Crippen LogP) is 5.15. The summed E-state index contributed by atoms with van der Waals surface area (Å²) in [6.45, 7) is 4.93. The Morgan fingerprint density at radius 2 is 1.74 bits per heavy atom. The van der Waals surface area contributed by atoms with Crippen LogP contribution in [0.3, 0.4) is 0 Å². The van der Waals surface area contributed by atoms with E-state index in [1.54, 1.807) is 0 Å². The quantitative estimate of drug-likeness (QED) is 0.767. The van der Waals surface area contributed by atoms with Crippen LogP contribution in [-0.4, -0.2) is 5.11 Å². The normalized spacial score (nSPS) is 10.5. The van der Waals surface area contributed by atoms with Gasteiger partial charge in [0, 0.05) is 12.2 Å². The Morgan fingerprint density at radius 1 is 1.11 bits per heavy atom. The monoisotopic (exact) mass is 383 g/mol. The summed E-state index contributed by atoms with van der Waals surface area (Å²) in [5.74, 6) is 0.232. The van der Waals surface area contributed by atoms with E-state index in [2.05, 4.69) is 63.2 Å². The molecule has 0 saturated carbocycles. The molecule has 2 N–H and O–H groups in total. The molecule has 0 saturated heterocycles. The Bertz CT molecular complexity index is 588. The molecule has 4 heteroatoms. The minimum atomic E-state index is 0.232. The molecule has 0 radical (unpaired) electrons. The van der Waals surface area contributed by atoms with Crippen LogP contribution in [0.25, 0.3) is 0 Å². The fourth-order valence-corrected chi connectivity index (χ4v) is 3.14. The Kier molecular flexibility index (Phi) is 4.53. The van der Waals surface area contributed by atoms with E-state index in [9.17, 15) is 5.11 Å². The summed E-state index contributed by atoms with van der Waals surface area (Å²) in [7, 11) is 0. The van der Waals surface area contributed by atoms with E-state index < -0.39 is 0 Å². The largest absolute Gasteiger partial charge is 0.506 e. The number of aromatic hydroxyl groups is 1. The molecule has 100 valence electrons. The van der Waals surface area contributed by atoms with Crippen molar-refractivity contribution in [2.45, 2.75) is 20.4 Å². The van der Waals surface area contributed by atoms with Crippen LogP contribution in [-0.2, 0) is 6.54 Å². The highest BCUT2D eigenvalue weighted by Crippen LogP contribution is 2.33. The number of rotatable bonds is 3. The molecule has 0 heterocycles. The lowest BCUT2D eigenvalue weighted by Crippen LogP contribution is -2.02. The highest BCUT2D eigenvalue weighted by Gasteiger charge is 2.06. The summed E-state index contributed by atoms with van der Waals surface area (Å²) < 4.78 is 1.39. The van der Waals surface area contributed by atoms with Crippen molar-refractivity contribution in [1.82, 2.24) is 0 Å². The number of aryl methyl sites for hydroxylation is 1. The summed E-state index contributed by atoms with van der Waals surface area (Å²) in [6, 6.07) is 10.1. The molecule has 2 aromatic carbocycles. The molecule has 2 aromatic rings. The molecule has 0 bridgehead atoms. The summed E-state index contributed by atoms with van der Waals surface area (Å²) in [6.07, 6.45) is 0. The molecule has 0 aromatic heterocycles. The second-order valence-corrected chi connectivity index (χ2v) is 6.22. The Hall–Kier alpha value is -1.00. The molecule has 0 spiro atoms. The maximum atomic E-state index is 9.68. The van der Waals surface area contributed by atoms with Crippen molar-refractivity contribution in [3.8, 4) is 5.75 Å². The number of halogens is 2. The van der Waals surface area contributed by atoms with Gasteiger partial charge >= 0.3 is 0 Å². The number of phenols is 1. The Balaban J connectivity index is 2.17. The fourth-order valence-electron chi connectivity index (χ4n) is 1.86. The van der Waals surface area contributed by atoms with Crippen LogP contribution in [0.1, 0.15) is 16.7 Å². The smallest absolute Gasteiger partial charge is 0.143 e. The van der Waals surface area contributed by atoms with Crippen LogP contribution in [0, 0.1) is 13.8 Å². The van der Waals surface area contributed by atoms with Crippen LogP contribution in [0.2, 0.25) is 0 Å². The molecule has 2 nitrogen and oxygen atoms in total. The standard InChI is InChI=1S/C15H15Br2NO/c1-9-4-3-5-14(10(9)2)18-8-11-6-12(16)15(19)13(17)7-11/h3-7,18-19H,8H2,1-2H3. The van der Waals surface area contributed by atoms with Gasteiger partial charge in [0.15, 0.2) is 0 Å². The first-order valence-corrected chi connectivity index (χ1v) is 7.54. The maximum absolute atomic E-state index is 9.68. The Morgan fingerprint density at radius 3 is 2.37 bits per heavy atom. The SMILES string of the molecule is Cc1cccc(NCc2cc(Br)c(O)c(Br)c2)c1C. The average molecular weight is 385 g/mol. The van der Waals surface area contributed by atoms with Crippen molar-refractivity contribution in [3.63, 3.8) is 0 Å². The second-order valence-electron chi connectivity index (χ2n) is 4.51. The lowest BCUT2D eigenvalue weighted by Gasteiger charge is -2.12. The number of nitrogens with one attached hydrogen (secondary N) is 1. The minimum absolute atomic E-state index is 0.232. The minimum Gasteiger partial charge on any atom is -0.506 e. The molecule has 0 aliphatic heterocycles. The van der Waals surface area contributed by atoms with Crippen LogP contribution in [0.5, 0.6) is 5.75 Å². The molecule has 0 aliphatic rings. The van der Waals surface area contributed by atoms with Crippen LogP contribution in [0.15, 0.2) is 39.3 Å². The zero-order valence-corrected chi connectivity index (χ0v) is 14.0. The van der Waals surface area contributed by atoms with Crippen LogP contribution >= 0.6 is 31.9 Å². The molecule has 0 unspecified atom stereocenters. The third kappa shape index (κ3) is 3.31. The highest BCUT2D eigenvalue weighted by molar-refractivity contribution is 9.11. The molecule has 0 amide bonds. The lowest BCUT2D eigenvalue weighted by atomic mass is 10.1. The van der Waals surface area contributed by atoms with Gasteiger partial charge in [-0.25, -0.2) is 0 Å². The van der Waals surface area contributed by atoms with Crippen molar-refractivity contribution in [1.29, 1.82) is 0 Å². The first-order valence-electron chi connectivity index (χ1n) is 5.96. The molecule has 19 heavy (non-hydrogen) atoms. The summed E-state index contributed by atoms with van der Waals surface area (Å²) in [5, 5.41) is 13.1. The van der Waals surface area contributed by atoms with Gasteiger partial charge in [-0.1, -0.05) is 12.1 Å². The van der Waals surface area contributed by atoms with Gasteiger partial charge < -0.3 is 10.4 Å². The number of benzene rings is 2. The van der Waals surface area contributed by atoms with Crippen LogP contribution < -0.4 is 5.32 Å². The van der Waals surface area contributed by atoms with Crippen molar-refractivity contribution in [3.05, 3.63) is 56.0 Å². The van der Waals surface area contributed by atoms with E-state index in [0.29, 0.717) is 15.5 Å². The molecule has 0 fully saturated rings. The Labute approximate surface area is 130 Å². The van der Waals surface area contributed by atoms with E-state index in [1.165, 1.54) is 11.1 Å². The van der Waals surface area contributed by atoms with Gasteiger partial charge in [-0.05, 0) is 80.6 Å². The molecular formula is C15H15Br2NO. The predicted molar refractivity (Wildman–Crippen MR) is 86.7 cm³/mol. The van der Waals surface area contributed by atoms with E-state index in [-0.39, 0.29) is 5.75 Å². The van der Waals surface area contributed by atoms with E-state index in [0.717, 1.165) is 11.3 Å². The van der Waals surface area contributed by atoms with E-state index in [1.807, 2.05) is 18.2 Å². The van der Waals surface area contributed by atoms with Gasteiger partial charge in [0.05, 0.1) is 8.95 Å². The maximum Gasteiger partial charge on any atom is 0.143 e. The van der Waals surface area contributed by atoms with Crippen molar-refractivity contribution in [2.75, 3.05) is 5.32 Å². The first-order chi connectivity index (χ1) is 8.99. The van der Waals surface area contributed by atoms with Crippen molar-refractivity contribution < 1.29 is 5.11 Å². The molecule has 0 atom stereocenters. The third-order valence-corrected chi connectivity index (χ3v) is 4.37. The molecule has 0 aliphatic carbocycles. The first kappa shape index (κ1) is 14.4. The zero-order valence-electron chi connectivity index (χ0n) is 10.8. The fraction of sp³-hybridized carbons (Fsp3) is 0.200. The second kappa shape index (κ2) is 5.97. The zero-order chi connectivity index (χ0) is 14.0. The van der Waals surface area contributed by atoms with E-state index >= 15 is 0 Å². The number of anilines is 1.